The zero-order chi connectivity index (χ0) is 25.3. The number of carboxylic acids is 1. The van der Waals surface area contributed by atoms with E-state index < -0.39 is 60.9 Å². The van der Waals surface area contributed by atoms with Gasteiger partial charge in [-0.05, 0) is 18.1 Å². The van der Waals surface area contributed by atoms with Gasteiger partial charge in [-0.15, -0.1) is 0 Å². The van der Waals surface area contributed by atoms with Crippen molar-refractivity contribution in [1.82, 2.24) is 20.9 Å². The van der Waals surface area contributed by atoms with E-state index in [2.05, 4.69) is 20.9 Å². The van der Waals surface area contributed by atoms with Crippen LogP contribution in [-0.2, 0) is 30.4 Å². The number of fused-ring (bicyclic) bond motifs is 1. The zero-order valence-corrected chi connectivity index (χ0v) is 18.2. The van der Waals surface area contributed by atoms with Gasteiger partial charge in [0.15, 0.2) is 0 Å². The maximum Gasteiger partial charge on any atom is 0.326 e. The fourth-order valence-electron chi connectivity index (χ4n) is 3.27. The number of aliphatic carboxylic acids is 1. The highest BCUT2D eigenvalue weighted by Crippen LogP contribution is 2.19. The maximum absolute atomic E-state index is 13.0. The molecule has 0 aliphatic carbocycles. The normalized spacial score (nSPS) is 13.5. The van der Waals surface area contributed by atoms with Gasteiger partial charge in [-0.2, -0.15) is 0 Å². The molecule has 0 saturated carbocycles. The summed E-state index contributed by atoms with van der Waals surface area (Å²) in [6, 6.07) is 3.17. The molecule has 0 spiro atoms. The molecular weight excluding hydrogens is 448 g/mol. The van der Waals surface area contributed by atoms with E-state index >= 15 is 0 Å². The number of carboxylic acid groups (broad SMARTS) is 1. The van der Waals surface area contributed by atoms with E-state index in [1.165, 1.54) is 0 Å². The molecule has 1 aromatic heterocycles. The third-order valence-corrected chi connectivity index (χ3v) is 5.05. The van der Waals surface area contributed by atoms with E-state index in [1.807, 2.05) is 18.2 Å². The summed E-state index contributed by atoms with van der Waals surface area (Å²) in [5.41, 5.74) is 11.7. The summed E-state index contributed by atoms with van der Waals surface area (Å²) in [6.45, 7) is -1.17. The van der Waals surface area contributed by atoms with Crippen LogP contribution in [0.2, 0.25) is 0 Å². The predicted octanol–water partition coefficient (Wildman–Crippen LogP) is -2.53. The van der Waals surface area contributed by atoms with Crippen molar-refractivity contribution >= 4 is 40.5 Å². The van der Waals surface area contributed by atoms with Crippen molar-refractivity contribution in [3.63, 3.8) is 0 Å². The van der Waals surface area contributed by atoms with Gasteiger partial charge < -0.3 is 42.6 Å². The molecule has 13 nitrogen and oxygen atoms in total. The van der Waals surface area contributed by atoms with Crippen LogP contribution in [0.1, 0.15) is 18.4 Å². The first-order chi connectivity index (χ1) is 16.2. The van der Waals surface area contributed by atoms with Crippen molar-refractivity contribution in [2.45, 2.75) is 37.4 Å². The molecule has 4 amide bonds. The SMILES string of the molecule is NCC(=O)NC(CO)C(=O)NC(Cc1c[nH]c2ccccc12)C(=O)NC(CCC(N)=O)C(=O)O. The van der Waals surface area contributed by atoms with Gasteiger partial charge in [-0.3, -0.25) is 19.2 Å². The lowest BCUT2D eigenvalue weighted by Gasteiger charge is -2.23. The Bertz CT molecular complexity index is 1050. The summed E-state index contributed by atoms with van der Waals surface area (Å²) < 4.78 is 0. The molecule has 0 fully saturated rings. The number of nitrogens with two attached hydrogens (primary N) is 2. The van der Waals surface area contributed by atoms with Gasteiger partial charge in [0.1, 0.15) is 18.1 Å². The van der Waals surface area contributed by atoms with Gasteiger partial charge in [0.05, 0.1) is 13.2 Å². The van der Waals surface area contributed by atoms with Crippen LogP contribution in [0.5, 0.6) is 0 Å². The number of aliphatic hydroxyl groups is 1. The number of para-hydroxylation sites is 1. The molecule has 1 aromatic carbocycles. The summed E-state index contributed by atoms with van der Waals surface area (Å²) in [4.78, 5) is 62.8. The van der Waals surface area contributed by atoms with E-state index in [9.17, 15) is 34.2 Å². The molecule has 3 atom stereocenters. The number of carbonyl (C=O) groups excluding carboxylic acids is 4. The Morgan fingerprint density at radius 1 is 0.971 bits per heavy atom. The summed E-state index contributed by atoms with van der Waals surface area (Å²) in [5, 5.41) is 26.7. The second-order valence-corrected chi connectivity index (χ2v) is 7.54. The number of primary amides is 1. The number of amides is 4. The van der Waals surface area contributed by atoms with Gasteiger partial charge in [-0.1, -0.05) is 18.2 Å². The zero-order valence-electron chi connectivity index (χ0n) is 18.2. The first-order valence-corrected chi connectivity index (χ1v) is 10.4. The number of carbonyl (C=O) groups is 5. The highest BCUT2D eigenvalue weighted by Gasteiger charge is 2.30. The summed E-state index contributed by atoms with van der Waals surface area (Å²) in [5.74, 6) is -4.50. The van der Waals surface area contributed by atoms with Crippen molar-refractivity contribution < 1.29 is 34.2 Å². The van der Waals surface area contributed by atoms with Crippen molar-refractivity contribution in [3.8, 4) is 0 Å². The first kappa shape index (κ1) is 26.3. The van der Waals surface area contributed by atoms with Gasteiger partial charge in [0.2, 0.25) is 23.6 Å². The number of H-pyrrole nitrogens is 1. The molecule has 1 heterocycles. The molecule has 2 aromatic rings. The summed E-state index contributed by atoms with van der Waals surface area (Å²) in [6.07, 6.45) is 1.11. The lowest BCUT2D eigenvalue weighted by molar-refractivity contribution is -0.142. The van der Waals surface area contributed by atoms with E-state index in [4.69, 9.17) is 11.5 Å². The van der Waals surface area contributed by atoms with Crippen molar-refractivity contribution in [2.24, 2.45) is 11.5 Å². The van der Waals surface area contributed by atoms with Crippen LogP contribution in [0.4, 0.5) is 0 Å². The standard InChI is InChI=1S/C21H28N6O7/c22-8-18(30)25-16(10-28)20(32)27-15(7-11-9-24-13-4-2-1-3-12(11)13)19(31)26-14(21(33)34)5-6-17(23)29/h1-4,9,14-16,24,28H,5-8,10,22H2,(H2,23,29)(H,25,30)(H,26,31)(H,27,32)(H,33,34). The fourth-order valence-corrected chi connectivity index (χ4v) is 3.27. The van der Waals surface area contributed by atoms with Crippen LogP contribution in [-0.4, -0.2) is 76.1 Å². The molecular formula is C21H28N6O7. The number of aromatic nitrogens is 1. The van der Waals surface area contributed by atoms with Gasteiger partial charge in [0, 0.05) is 29.9 Å². The molecule has 0 saturated heterocycles. The molecule has 10 N–H and O–H groups in total. The quantitative estimate of drug-likeness (QED) is 0.153. The second kappa shape index (κ2) is 12.3. The van der Waals surface area contributed by atoms with Gasteiger partial charge in [-0.25, -0.2) is 4.79 Å². The maximum atomic E-state index is 13.0. The predicted molar refractivity (Wildman–Crippen MR) is 120 cm³/mol. The minimum Gasteiger partial charge on any atom is -0.480 e. The van der Waals surface area contributed by atoms with Crippen LogP contribution < -0.4 is 27.4 Å². The molecule has 2 rings (SSSR count). The number of aromatic amines is 1. The van der Waals surface area contributed by atoms with Crippen LogP contribution in [0.25, 0.3) is 10.9 Å². The Kier molecular flexibility index (Phi) is 9.52. The lowest BCUT2D eigenvalue weighted by Crippen LogP contribution is -2.57. The molecule has 13 heteroatoms. The third-order valence-electron chi connectivity index (χ3n) is 5.05. The summed E-state index contributed by atoms with van der Waals surface area (Å²) in [7, 11) is 0. The van der Waals surface area contributed by atoms with Crippen LogP contribution >= 0.6 is 0 Å². The minimum atomic E-state index is -1.42. The van der Waals surface area contributed by atoms with Gasteiger partial charge >= 0.3 is 5.97 Å². The molecule has 184 valence electrons. The van der Waals surface area contributed by atoms with E-state index in [1.54, 1.807) is 12.3 Å². The number of hydrogen-bond donors (Lipinski definition) is 8. The van der Waals surface area contributed by atoms with Crippen LogP contribution in [0.3, 0.4) is 0 Å². The molecule has 0 aliphatic heterocycles. The molecule has 3 unspecified atom stereocenters. The Balaban J connectivity index is 2.27. The number of hydrogen-bond acceptors (Lipinski definition) is 7. The fraction of sp³-hybridized carbons (Fsp3) is 0.381. The van der Waals surface area contributed by atoms with Crippen molar-refractivity contribution in [3.05, 3.63) is 36.0 Å². The monoisotopic (exact) mass is 476 g/mol. The van der Waals surface area contributed by atoms with E-state index in [0.29, 0.717) is 5.56 Å². The Hall–Kier alpha value is -3.97. The van der Waals surface area contributed by atoms with Crippen LogP contribution in [0, 0.1) is 0 Å². The lowest BCUT2D eigenvalue weighted by atomic mass is 10.0. The Labute approximate surface area is 194 Å². The molecule has 0 bridgehead atoms. The largest absolute Gasteiger partial charge is 0.480 e. The highest BCUT2D eigenvalue weighted by atomic mass is 16.4. The van der Waals surface area contributed by atoms with Crippen molar-refractivity contribution in [2.75, 3.05) is 13.2 Å². The van der Waals surface area contributed by atoms with Crippen LogP contribution in [0.15, 0.2) is 30.5 Å². The first-order valence-electron chi connectivity index (χ1n) is 10.4. The number of nitrogens with one attached hydrogen (secondary N) is 4. The Morgan fingerprint density at radius 3 is 2.24 bits per heavy atom. The van der Waals surface area contributed by atoms with E-state index in [-0.39, 0.29) is 19.3 Å². The number of benzene rings is 1. The number of aliphatic hydroxyl groups excluding tert-OH is 1. The van der Waals surface area contributed by atoms with Crippen molar-refractivity contribution in [1.29, 1.82) is 0 Å². The average molecular weight is 476 g/mol. The molecule has 0 radical (unpaired) electrons. The molecule has 34 heavy (non-hydrogen) atoms. The molecule has 0 aliphatic rings. The topological polar surface area (TPSA) is 230 Å². The minimum absolute atomic E-state index is 0.0350. The number of rotatable bonds is 13. The highest BCUT2D eigenvalue weighted by molar-refractivity contribution is 5.94. The third kappa shape index (κ3) is 7.28. The second-order valence-electron chi connectivity index (χ2n) is 7.54. The smallest absolute Gasteiger partial charge is 0.326 e. The summed E-state index contributed by atoms with van der Waals surface area (Å²) >= 11 is 0. The average Bonchev–Trinajstić information content (AvgIpc) is 3.21. The van der Waals surface area contributed by atoms with E-state index in [0.717, 1.165) is 10.9 Å². The van der Waals surface area contributed by atoms with Gasteiger partial charge in [0.25, 0.3) is 0 Å². The Morgan fingerprint density at radius 2 is 1.62 bits per heavy atom.